The van der Waals surface area contributed by atoms with Crippen molar-refractivity contribution in [3.63, 3.8) is 0 Å². The SMILES string of the molecule is CCOC.NS(=O)(=O)c1ccc(C2=C(c3cccc(Cl)c3)C(=O)OCC2)cc1. The van der Waals surface area contributed by atoms with Crippen LogP contribution >= 0.6 is 11.6 Å². The highest BCUT2D eigenvalue weighted by molar-refractivity contribution is 7.89. The highest BCUT2D eigenvalue weighted by Gasteiger charge is 2.25. The van der Waals surface area contributed by atoms with Crippen molar-refractivity contribution in [2.45, 2.75) is 18.2 Å². The van der Waals surface area contributed by atoms with Gasteiger partial charge in [-0.3, -0.25) is 0 Å². The first-order chi connectivity index (χ1) is 13.3. The number of esters is 1. The quantitative estimate of drug-likeness (QED) is 0.759. The molecule has 0 radical (unpaired) electrons. The molecule has 0 bridgehead atoms. The van der Waals surface area contributed by atoms with Gasteiger partial charge in [0.15, 0.2) is 0 Å². The van der Waals surface area contributed by atoms with E-state index in [-0.39, 0.29) is 11.5 Å². The number of nitrogens with two attached hydrogens (primary N) is 1. The van der Waals surface area contributed by atoms with E-state index in [9.17, 15) is 13.2 Å². The predicted octanol–water partition coefficient (Wildman–Crippen LogP) is 3.50. The zero-order valence-corrected chi connectivity index (χ0v) is 17.2. The number of halogens is 1. The zero-order valence-electron chi connectivity index (χ0n) is 15.6. The Hall–Kier alpha value is -2.19. The van der Waals surface area contributed by atoms with Crippen molar-refractivity contribution in [2.24, 2.45) is 5.14 Å². The molecule has 0 spiro atoms. The molecule has 0 aliphatic carbocycles. The lowest BCUT2D eigenvalue weighted by Crippen LogP contribution is -2.16. The molecule has 2 aromatic carbocycles. The van der Waals surface area contributed by atoms with Gasteiger partial charge in [-0.05, 0) is 47.9 Å². The van der Waals surface area contributed by atoms with Gasteiger partial charge in [0.2, 0.25) is 10.0 Å². The first-order valence-corrected chi connectivity index (χ1v) is 10.5. The van der Waals surface area contributed by atoms with Crippen molar-refractivity contribution in [1.29, 1.82) is 0 Å². The van der Waals surface area contributed by atoms with Crippen LogP contribution in [0, 0.1) is 0 Å². The second kappa shape index (κ2) is 9.84. The number of rotatable bonds is 4. The molecular weight excluding hydrogens is 402 g/mol. The third-order valence-corrected chi connectivity index (χ3v) is 5.19. The zero-order chi connectivity index (χ0) is 20.7. The Labute approximate surface area is 170 Å². The normalized spacial score (nSPS) is 14.2. The highest BCUT2D eigenvalue weighted by atomic mass is 35.5. The first-order valence-electron chi connectivity index (χ1n) is 8.56. The van der Waals surface area contributed by atoms with Crippen LogP contribution in [0.2, 0.25) is 5.02 Å². The van der Waals surface area contributed by atoms with Gasteiger partial charge in [0.05, 0.1) is 17.1 Å². The van der Waals surface area contributed by atoms with Crippen LogP contribution in [-0.2, 0) is 24.3 Å². The van der Waals surface area contributed by atoms with Gasteiger partial charge >= 0.3 is 5.97 Å². The van der Waals surface area contributed by atoms with Crippen molar-refractivity contribution in [3.8, 4) is 0 Å². The molecular formula is C20H22ClNO5S. The minimum Gasteiger partial charge on any atom is -0.462 e. The van der Waals surface area contributed by atoms with Crippen LogP contribution in [0.25, 0.3) is 11.1 Å². The summed E-state index contributed by atoms with van der Waals surface area (Å²) in [6, 6.07) is 13.1. The Morgan fingerprint density at radius 2 is 1.79 bits per heavy atom. The van der Waals surface area contributed by atoms with Crippen molar-refractivity contribution < 1.29 is 22.7 Å². The lowest BCUT2D eigenvalue weighted by atomic mass is 9.91. The van der Waals surface area contributed by atoms with Crippen LogP contribution in [0.5, 0.6) is 0 Å². The Morgan fingerprint density at radius 3 is 2.32 bits per heavy atom. The number of carbonyl (C=O) groups is 1. The van der Waals surface area contributed by atoms with E-state index in [1.807, 2.05) is 6.92 Å². The van der Waals surface area contributed by atoms with Crippen LogP contribution in [0.1, 0.15) is 24.5 Å². The van der Waals surface area contributed by atoms with E-state index in [1.54, 1.807) is 43.5 Å². The molecule has 0 unspecified atom stereocenters. The number of hydrogen-bond donors (Lipinski definition) is 1. The topological polar surface area (TPSA) is 95.7 Å². The van der Waals surface area contributed by atoms with Crippen molar-refractivity contribution in [2.75, 3.05) is 20.3 Å². The molecule has 0 amide bonds. The largest absolute Gasteiger partial charge is 0.462 e. The summed E-state index contributed by atoms with van der Waals surface area (Å²) in [7, 11) is -2.08. The van der Waals surface area contributed by atoms with Gasteiger partial charge in [-0.2, -0.15) is 0 Å². The Balaban J connectivity index is 0.000000640. The van der Waals surface area contributed by atoms with Gasteiger partial charge in [0.25, 0.3) is 0 Å². The van der Waals surface area contributed by atoms with E-state index in [1.165, 1.54) is 12.1 Å². The van der Waals surface area contributed by atoms with Crippen molar-refractivity contribution >= 4 is 38.7 Å². The van der Waals surface area contributed by atoms with Crippen molar-refractivity contribution in [1.82, 2.24) is 0 Å². The molecule has 8 heteroatoms. The van der Waals surface area contributed by atoms with Crippen molar-refractivity contribution in [3.05, 3.63) is 64.7 Å². The lowest BCUT2D eigenvalue weighted by molar-refractivity contribution is -0.136. The number of primary sulfonamides is 1. The van der Waals surface area contributed by atoms with Crippen LogP contribution in [0.3, 0.4) is 0 Å². The summed E-state index contributed by atoms with van der Waals surface area (Å²) in [5, 5.41) is 5.63. The summed E-state index contributed by atoms with van der Waals surface area (Å²) in [6.45, 7) is 3.05. The summed E-state index contributed by atoms with van der Waals surface area (Å²) in [5.41, 5.74) is 2.63. The molecule has 1 heterocycles. The second-order valence-electron chi connectivity index (χ2n) is 5.90. The molecule has 0 saturated heterocycles. The number of sulfonamides is 1. The molecule has 6 nitrogen and oxygen atoms in total. The van der Waals surface area contributed by atoms with E-state index in [0.29, 0.717) is 22.6 Å². The first kappa shape index (κ1) is 22.1. The Kier molecular flexibility index (Phi) is 7.77. The smallest absolute Gasteiger partial charge is 0.339 e. The van der Waals surface area contributed by atoms with Gasteiger partial charge in [0.1, 0.15) is 0 Å². The van der Waals surface area contributed by atoms with E-state index in [4.69, 9.17) is 21.5 Å². The number of benzene rings is 2. The summed E-state index contributed by atoms with van der Waals surface area (Å²) in [6.07, 6.45) is 0.530. The van der Waals surface area contributed by atoms with Gasteiger partial charge in [-0.15, -0.1) is 0 Å². The molecule has 28 heavy (non-hydrogen) atoms. The maximum atomic E-state index is 12.3. The molecule has 0 saturated carbocycles. The minimum atomic E-state index is -3.76. The highest BCUT2D eigenvalue weighted by Crippen LogP contribution is 2.34. The number of hydrogen-bond acceptors (Lipinski definition) is 5. The molecule has 0 fully saturated rings. The fourth-order valence-corrected chi connectivity index (χ4v) is 3.34. The monoisotopic (exact) mass is 423 g/mol. The summed E-state index contributed by atoms with van der Waals surface area (Å²) < 4.78 is 32.4. The van der Waals surface area contributed by atoms with Gasteiger partial charge in [0, 0.05) is 25.2 Å². The van der Waals surface area contributed by atoms with Gasteiger partial charge in [-0.1, -0.05) is 35.9 Å². The molecule has 3 rings (SSSR count). The second-order valence-corrected chi connectivity index (χ2v) is 7.89. The average molecular weight is 424 g/mol. The number of carbonyl (C=O) groups excluding carboxylic acids is 1. The minimum absolute atomic E-state index is 0.0227. The Morgan fingerprint density at radius 1 is 1.14 bits per heavy atom. The summed E-state index contributed by atoms with van der Waals surface area (Å²) >= 11 is 6.02. The van der Waals surface area contributed by atoms with Gasteiger partial charge in [-0.25, -0.2) is 18.4 Å². The van der Waals surface area contributed by atoms with Crippen LogP contribution in [0.15, 0.2) is 53.4 Å². The number of methoxy groups -OCH3 is 1. The van der Waals surface area contributed by atoms with Crippen LogP contribution < -0.4 is 5.14 Å². The van der Waals surface area contributed by atoms with E-state index in [0.717, 1.165) is 17.7 Å². The van der Waals surface area contributed by atoms with Crippen LogP contribution in [0.4, 0.5) is 0 Å². The molecule has 2 N–H and O–H groups in total. The third kappa shape index (κ3) is 5.65. The fourth-order valence-electron chi connectivity index (χ4n) is 2.64. The van der Waals surface area contributed by atoms with E-state index < -0.39 is 16.0 Å². The summed E-state index contributed by atoms with van der Waals surface area (Å²) in [4.78, 5) is 12.3. The number of cyclic esters (lactones) is 1. The molecule has 0 aromatic heterocycles. The third-order valence-electron chi connectivity index (χ3n) is 4.02. The predicted molar refractivity (Wildman–Crippen MR) is 109 cm³/mol. The van der Waals surface area contributed by atoms with E-state index in [2.05, 4.69) is 4.74 Å². The molecule has 150 valence electrons. The number of ether oxygens (including phenoxy) is 2. The molecule has 1 aliphatic heterocycles. The van der Waals surface area contributed by atoms with Crippen LogP contribution in [-0.4, -0.2) is 34.7 Å². The lowest BCUT2D eigenvalue weighted by Gasteiger charge is -2.20. The Bertz CT molecular complexity index is 966. The standard InChI is InChI=1S/C17H14ClNO4S.C3H8O/c18-13-3-1-2-12(10-13)16-15(8-9-23-17(16)20)11-4-6-14(7-5-11)24(19,21)22;1-3-4-2/h1-7,10H,8-9H2,(H2,19,21,22);3H2,1-2H3. The van der Waals surface area contributed by atoms with E-state index >= 15 is 0 Å². The molecule has 1 aliphatic rings. The molecule has 0 atom stereocenters. The average Bonchev–Trinajstić information content (AvgIpc) is 2.67. The van der Waals surface area contributed by atoms with Gasteiger partial charge < -0.3 is 9.47 Å². The maximum Gasteiger partial charge on any atom is 0.339 e. The maximum absolute atomic E-state index is 12.3. The summed E-state index contributed by atoms with van der Waals surface area (Å²) in [5.74, 6) is -0.422. The fraction of sp³-hybridized carbons (Fsp3) is 0.250. The molecule has 2 aromatic rings.